The molecule has 0 radical (unpaired) electrons. The lowest BCUT2D eigenvalue weighted by molar-refractivity contribution is 0.413. The van der Waals surface area contributed by atoms with E-state index in [0.29, 0.717) is 5.75 Å². The van der Waals surface area contributed by atoms with Gasteiger partial charge in [0.05, 0.1) is 22.6 Å². The zero-order valence-corrected chi connectivity index (χ0v) is 11.4. The van der Waals surface area contributed by atoms with Crippen molar-refractivity contribution >= 4 is 15.5 Å². The van der Waals surface area contributed by atoms with Gasteiger partial charge in [-0.25, -0.2) is 8.42 Å². The smallest absolute Gasteiger partial charge is 0.207 e. The van der Waals surface area contributed by atoms with Crippen LogP contribution >= 0.6 is 0 Å². The summed E-state index contributed by atoms with van der Waals surface area (Å²) in [5.41, 5.74) is 8.57. The van der Waals surface area contributed by atoms with E-state index in [4.69, 9.17) is 10.3 Å². The van der Waals surface area contributed by atoms with Gasteiger partial charge in [-0.15, -0.1) is 0 Å². The molecule has 0 bridgehead atoms. The fourth-order valence-electron chi connectivity index (χ4n) is 1.71. The fraction of sp³-hybridized carbons (Fsp3) is 0.0769. The van der Waals surface area contributed by atoms with Gasteiger partial charge in [0, 0.05) is 4.91 Å². The summed E-state index contributed by atoms with van der Waals surface area (Å²) in [6.45, 7) is 0. The van der Waals surface area contributed by atoms with E-state index in [9.17, 15) is 8.42 Å². The van der Waals surface area contributed by atoms with E-state index < -0.39 is 9.84 Å². The second-order valence-corrected chi connectivity index (χ2v) is 5.76. The van der Waals surface area contributed by atoms with Gasteiger partial charge in [0.25, 0.3) is 0 Å². The summed E-state index contributed by atoms with van der Waals surface area (Å²) in [6.07, 6.45) is 0. The minimum absolute atomic E-state index is 0.0361. The quantitative estimate of drug-likeness (QED) is 0.490. The van der Waals surface area contributed by atoms with Crippen LogP contribution in [0.1, 0.15) is 0 Å². The Balaban J connectivity index is 2.63. The number of sulfone groups is 1. The van der Waals surface area contributed by atoms with Gasteiger partial charge in [-0.1, -0.05) is 29.4 Å². The maximum Gasteiger partial charge on any atom is 0.207 e. The van der Waals surface area contributed by atoms with Crippen molar-refractivity contribution in [1.29, 1.82) is 0 Å². The van der Waals surface area contributed by atoms with Crippen molar-refractivity contribution < 1.29 is 13.2 Å². The van der Waals surface area contributed by atoms with Crippen molar-refractivity contribution in [3.63, 3.8) is 0 Å². The van der Waals surface area contributed by atoms with Crippen LogP contribution in [0.3, 0.4) is 0 Å². The highest BCUT2D eigenvalue weighted by Gasteiger charge is 2.20. The number of azide groups is 1. The van der Waals surface area contributed by atoms with E-state index >= 15 is 0 Å². The van der Waals surface area contributed by atoms with Crippen molar-refractivity contribution in [2.24, 2.45) is 5.11 Å². The number of rotatable bonds is 4. The zero-order chi connectivity index (χ0) is 14.6. The Kier molecular flexibility index (Phi) is 3.93. The number of ether oxygens (including phenoxy) is 1. The first-order valence-electron chi connectivity index (χ1n) is 5.63. The molecule has 6 nitrogen and oxygen atoms in total. The third-order valence-corrected chi connectivity index (χ3v) is 4.46. The second-order valence-electron chi connectivity index (χ2n) is 3.84. The Hall–Kier alpha value is -2.50. The number of benzene rings is 2. The molecule has 0 heterocycles. The van der Waals surface area contributed by atoms with Crippen LogP contribution in [-0.2, 0) is 9.84 Å². The van der Waals surface area contributed by atoms with Crippen LogP contribution in [0.2, 0.25) is 0 Å². The molecule has 0 aromatic heterocycles. The Morgan fingerprint density at radius 3 is 2.60 bits per heavy atom. The summed E-state index contributed by atoms with van der Waals surface area (Å²) in [6, 6.07) is 12.1. The van der Waals surface area contributed by atoms with E-state index in [-0.39, 0.29) is 15.5 Å². The minimum atomic E-state index is -3.77. The van der Waals surface area contributed by atoms with Gasteiger partial charge in [0.15, 0.2) is 0 Å². The van der Waals surface area contributed by atoms with Crippen molar-refractivity contribution in [3.05, 3.63) is 59.0 Å². The molecule has 2 aromatic carbocycles. The van der Waals surface area contributed by atoms with Crippen LogP contribution in [0.15, 0.2) is 63.4 Å². The molecule has 20 heavy (non-hydrogen) atoms. The molecule has 0 spiro atoms. The van der Waals surface area contributed by atoms with Crippen molar-refractivity contribution in [1.82, 2.24) is 0 Å². The Labute approximate surface area is 116 Å². The molecule has 0 saturated heterocycles. The third-order valence-electron chi connectivity index (χ3n) is 2.66. The Morgan fingerprint density at radius 2 is 1.90 bits per heavy atom. The predicted molar refractivity (Wildman–Crippen MR) is 73.7 cm³/mol. The average molecular weight is 289 g/mol. The molecule has 0 atom stereocenters. The monoisotopic (exact) mass is 289 g/mol. The van der Waals surface area contributed by atoms with Crippen LogP contribution in [0.4, 0.5) is 5.69 Å². The molecule has 0 N–H and O–H groups in total. The van der Waals surface area contributed by atoms with E-state index in [1.165, 1.54) is 31.4 Å². The van der Waals surface area contributed by atoms with Crippen molar-refractivity contribution in [2.45, 2.75) is 9.79 Å². The van der Waals surface area contributed by atoms with Crippen LogP contribution in [-0.4, -0.2) is 15.5 Å². The summed E-state index contributed by atoms with van der Waals surface area (Å²) in [7, 11) is -2.31. The van der Waals surface area contributed by atoms with E-state index in [1.807, 2.05) is 0 Å². The van der Waals surface area contributed by atoms with Crippen LogP contribution < -0.4 is 4.74 Å². The number of nitrogens with zero attached hydrogens (tertiary/aromatic N) is 3. The molecule has 0 fully saturated rings. The summed E-state index contributed by atoms with van der Waals surface area (Å²) < 4.78 is 30.1. The molecule has 2 aromatic rings. The minimum Gasteiger partial charge on any atom is -0.497 e. The molecular weight excluding hydrogens is 278 g/mol. The molecule has 0 amide bonds. The maximum atomic E-state index is 12.6. The Morgan fingerprint density at radius 1 is 1.15 bits per heavy atom. The molecule has 0 aliphatic rings. The first-order chi connectivity index (χ1) is 9.59. The fourth-order valence-corrected chi connectivity index (χ4v) is 3.14. The lowest BCUT2D eigenvalue weighted by atomic mass is 10.3. The standard InChI is InChI=1S/C13H11N3O3S/c1-19-10-5-4-6-11(9-10)20(17,18)13-8-3-2-7-12(13)15-16-14/h2-9H,1H3. The second kappa shape index (κ2) is 5.64. The Bertz CT molecular complexity index is 781. The van der Waals surface area contributed by atoms with E-state index in [1.54, 1.807) is 24.3 Å². The summed E-state index contributed by atoms with van der Waals surface area (Å²) in [4.78, 5) is 2.69. The molecule has 0 aliphatic heterocycles. The van der Waals surface area contributed by atoms with Gasteiger partial charge in [0.2, 0.25) is 9.84 Å². The van der Waals surface area contributed by atoms with Gasteiger partial charge >= 0.3 is 0 Å². The normalized spacial score (nSPS) is 10.7. The molecule has 2 rings (SSSR count). The van der Waals surface area contributed by atoms with Crippen LogP contribution in [0.5, 0.6) is 5.75 Å². The van der Waals surface area contributed by atoms with Crippen LogP contribution in [0.25, 0.3) is 10.4 Å². The van der Waals surface area contributed by atoms with Gasteiger partial charge < -0.3 is 4.74 Å². The summed E-state index contributed by atoms with van der Waals surface area (Å²) in [5.74, 6) is 0.437. The molecule has 0 saturated carbocycles. The topological polar surface area (TPSA) is 92.1 Å². The summed E-state index contributed by atoms with van der Waals surface area (Å²) >= 11 is 0. The molecule has 102 valence electrons. The largest absolute Gasteiger partial charge is 0.497 e. The van der Waals surface area contributed by atoms with Crippen LogP contribution in [0, 0.1) is 0 Å². The SMILES string of the molecule is COc1cccc(S(=O)(=O)c2ccccc2N=[N+]=[N-])c1. The molecule has 0 unspecified atom stereocenters. The van der Waals surface area contributed by atoms with Gasteiger partial charge in [0.1, 0.15) is 5.75 Å². The van der Waals surface area contributed by atoms with Crippen molar-refractivity contribution in [2.75, 3.05) is 7.11 Å². The zero-order valence-electron chi connectivity index (χ0n) is 10.6. The first kappa shape index (κ1) is 13.9. The number of methoxy groups -OCH3 is 1. The maximum absolute atomic E-state index is 12.6. The highest BCUT2D eigenvalue weighted by molar-refractivity contribution is 7.91. The first-order valence-corrected chi connectivity index (χ1v) is 7.11. The lowest BCUT2D eigenvalue weighted by Crippen LogP contribution is -2.02. The van der Waals surface area contributed by atoms with Gasteiger partial charge in [-0.05, 0) is 29.8 Å². The summed E-state index contributed by atoms with van der Waals surface area (Å²) in [5, 5.41) is 3.41. The molecule has 7 heteroatoms. The number of hydrogen-bond donors (Lipinski definition) is 0. The average Bonchev–Trinajstić information content (AvgIpc) is 2.48. The molecule has 0 aliphatic carbocycles. The van der Waals surface area contributed by atoms with Gasteiger partial charge in [-0.2, -0.15) is 0 Å². The van der Waals surface area contributed by atoms with Gasteiger partial charge in [-0.3, -0.25) is 0 Å². The number of hydrogen-bond acceptors (Lipinski definition) is 4. The van der Waals surface area contributed by atoms with E-state index in [0.717, 1.165) is 0 Å². The molecular formula is C13H11N3O3S. The predicted octanol–water partition coefficient (Wildman–Crippen LogP) is 3.47. The highest BCUT2D eigenvalue weighted by atomic mass is 32.2. The lowest BCUT2D eigenvalue weighted by Gasteiger charge is -2.08. The van der Waals surface area contributed by atoms with Crippen molar-refractivity contribution in [3.8, 4) is 5.75 Å². The third kappa shape index (κ3) is 2.59. The highest BCUT2D eigenvalue weighted by Crippen LogP contribution is 2.30. The van der Waals surface area contributed by atoms with E-state index in [2.05, 4.69) is 10.0 Å².